The first-order valence-electron chi connectivity index (χ1n) is 8.27. The van der Waals surface area contributed by atoms with Gasteiger partial charge in [-0.15, -0.1) is 0 Å². The Labute approximate surface area is 174 Å². The van der Waals surface area contributed by atoms with Crippen LogP contribution in [0.4, 0.5) is 5.69 Å². The van der Waals surface area contributed by atoms with Crippen LogP contribution in [0.25, 0.3) is 0 Å². The van der Waals surface area contributed by atoms with Crippen molar-refractivity contribution in [3.8, 4) is 17.2 Å². The Balaban J connectivity index is 1.70. The fourth-order valence-electron chi connectivity index (χ4n) is 2.32. The summed E-state index contributed by atoms with van der Waals surface area (Å²) in [6.45, 7) is 1.70. The van der Waals surface area contributed by atoms with E-state index in [4.69, 9.17) is 9.47 Å². The maximum absolute atomic E-state index is 12.6. The molecule has 0 heterocycles. The number of nitrogens with one attached hydrogen (secondary N) is 1. The molecule has 1 atom stereocenters. The number of hydrogen-bond donors (Lipinski definition) is 1. The molecular weight excluding hydrogens is 474 g/mol. The monoisotopic (exact) mass is 489 g/mol. The highest BCUT2D eigenvalue weighted by Crippen LogP contribution is 2.31. The van der Waals surface area contributed by atoms with Gasteiger partial charge in [-0.05, 0) is 65.3 Å². The molecule has 0 aliphatic rings. The van der Waals surface area contributed by atoms with E-state index < -0.39 is 6.10 Å². The summed E-state index contributed by atoms with van der Waals surface area (Å²) in [5.41, 5.74) is 0.580. The van der Waals surface area contributed by atoms with Gasteiger partial charge < -0.3 is 14.8 Å². The van der Waals surface area contributed by atoms with Gasteiger partial charge in [0.1, 0.15) is 11.5 Å². The second kappa shape index (κ2) is 9.06. The van der Waals surface area contributed by atoms with Gasteiger partial charge in [0.2, 0.25) is 0 Å². The molecule has 0 aromatic heterocycles. The van der Waals surface area contributed by atoms with E-state index in [1.165, 1.54) is 0 Å². The van der Waals surface area contributed by atoms with Gasteiger partial charge in [-0.3, -0.25) is 4.79 Å². The number of hydrogen-bond acceptors (Lipinski definition) is 3. The Morgan fingerprint density at radius 1 is 0.926 bits per heavy atom. The van der Waals surface area contributed by atoms with Crippen LogP contribution in [0.15, 0.2) is 81.7 Å². The highest BCUT2D eigenvalue weighted by atomic mass is 79.9. The fourth-order valence-corrected chi connectivity index (χ4v) is 3.46. The number of ether oxygens (including phenoxy) is 2. The Morgan fingerprint density at radius 2 is 1.63 bits per heavy atom. The number of carbonyl (C=O) groups is 1. The molecule has 3 aromatic carbocycles. The molecule has 0 bridgehead atoms. The minimum Gasteiger partial charge on any atom is -0.480 e. The van der Waals surface area contributed by atoms with Crippen molar-refractivity contribution in [1.82, 2.24) is 0 Å². The smallest absolute Gasteiger partial charge is 0.265 e. The van der Waals surface area contributed by atoms with E-state index in [0.717, 1.165) is 8.95 Å². The highest BCUT2D eigenvalue weighted by molar-refractivity contribution is 9.11. The van der Waals surface area contributed by atoms with E-state index >= 15 is 0 Å². The highest BCUT2D eigenvalue weighted by Gasteiger charge is 2.18. The Kier molecular flexibility index (Phi) is 6.53. The molecular formula is C21H17Br2NO3. The van der Waals surface area contributed by atoms with Gasteiger partial charge >= 0.3 is 0 Å². The molecule has 4 nitrogen and oxygen atoms in total. The second-order valence-electron chi connectivity index (χ2n) is 5.74. The molecule has 1 amide bonds. The van der Waals surface area contributed by atoms with Crippen molar-refractivity contribution in [2.24, 2.45) is 0 Å². The number of rotatable bonds is 6. The molecule has 0 aliphatic carbocycles. The van der Waals surface area contributed by atoms with Gasteiger partial charge in [-0.2, -0.15) is 0 Å². The lowest BCUT2D eigenvalue weighted by Gasteiger charge is -2.17. The largest absolute Gasteiger partial charge is 0.480 e. The van der Waals surface area contributed by atoms with Crippen molar-refractivity contribution < 1.29 is 14.3 Å². The molecule has 0 spiro atoms. The van der Waals surface area contributed by atoms with Crippen LogP contribution in [0, 0.1) is 0 Å². The van der Waals surface area contributed by atoms with Gasteiger partial charge in [0.05, 0.1) is 10.2 Å². The summed E-state index contributed by atoms with van der Waals surface area (Å²) in [7, 11) is 0. The quantitative estimate of drug-likeness (QED) is 0.434. The summed E-state index contributed by atoms with van der Waals surface area (Å²) < 4.78 is 13.3. The van der Waals surface area contributed by atoms with Gasteiger partial charge in [0, 0.05) is 4.47 Å². The lowest BCUT2D eigenvalue weighted by atomic mass is 10.2. The number of amides is 1. The molecule has 0 aliphatic heterocycles. The normalized spacial score (nSPS) is 11.5. The van der Waals surface area contributed by atoms with E-state index in [1.807, 2.05) is 54.6 Å². The van der Waals surface area contributed by atoms with Crippen LogP contribution in [-0.2, 0) is 4.79 Å². The third-order valence-electron chi connectivity index (χ3n) is 3.68. The lowest BCUT2D eigenvalue weighted by Crippen LogP contribution is -2.30. The summed E-state index contributed by atoms with van der Waals surface area (Å²) in [6.07, 6.45) is -0.688. The summed E-state index contributed by atoms with van der Waals surface area (Å²) in [6, 6.07) is 22.2. The van der Waals surface area contributed by atoms with Crippen molar-refractivity contribution in [2.45, 2.75) is 13.0 Å². The van der Waals surface area contributed by atoms with Crippen molar-refractivity contribution in [3.63, 3.8) is 0 Å². The van der Waals surface area contributed by atoms with Crippen LogP contribution in [0.2, 0.25) is 0 Å². The topological polar surface area (TPSA) is 47.6 Å². The number of anilines is 1. The van der Waals surface area contributed by atoms with E-state index in [0.29, 0.717) is 22.9 Å². The van der Waals surface area contributed by atoms with Crippen molar-refractivity contribution >= 4 is 43.5 Å². The van der Waals surface area contributed by atoms with Crippen LogP contribution in [-0.4, -0.2) is 12.0 Å². The van der Waals surface area contributed by atoms with Crippen LogP contribution in [0.5, 0.6) is 17.2 Å². The second-order valence-corrected chi connectivity index (χ2v) is 7.51. The third-order valence-corrected chi connectivity index (χ3v) is 4.80. The van der Waals surface area contributed by atoms with Gasteiger partial charge in [0.25, 0.3) is 5.91 Å². The zero-order valence-corrected chi connectivity index (χ0v) is 17.7. The lowest BCUT2D eigenvalue weighted by molar-refractivity contribution is -0.122. The first kappa shape index (κ1) is 19.5. The average Bonchev–Trinajstić information content (AvgIpc) is 2.66. The fraction of sp³-hybridized carbons (Fsp3) is 0.0952. The van der Waals surface area contributed by atoms with Crippen molar-refractivity contribution in [2.75, 3.05) is 5.32 Å². The van der Waals surface area contributed by atoms with Crippen LogP contribution < -0.4 is 14.8 Å². The SMILES string of the molecule is CC(Oc1ccc(Br)cc1Br)C(=O)Nc1ccccc1Oc1ccccc1. The van der Waals surface area contributed by atoms with Crippen molar-refractivity contribution in [1.29, 1.82) is 0 Å². The van der Waals surface area contributed by atoms with Crippen molar-refractivity contribution in [3.05, 3.63) is 81.7 Å². The summed E-state index contributed by atoms with van der Waals surface area (Å²) in [4.78, 5) is 12.6. The molecule has 0 fully saturated rings. The molecule has 3 aromatic rings. The van der Waals surface area contributed by atoms with Gasteiger partial charge in [-0.25, -0.2) is 0 Å². The molecule has 6 heteroatoms. The van der Waals surface area contributed by atoms with Crippen LogP contribution >= 0.6 is 31.9 Å². The van der Waals surface area contributed by atoms with Crippen LogP contribution in [0.3, 0.4) is 0 Å². The number of carbonyl (C=O) groups excluding carboxylic acids is 1. The van der Waals surface area contributed by atoms with E-state index in [-0.39, 0.29) is 5.91 Å². The number of para-hydroxylation sites is 3. The molecule has 3 rings (SSSR count). The predicted octanol–water partition coefficient (Wildman–Crippen LogP) is 6.41. The maximum atomic E-state index is 12.6. The summed E-state index contributed by atoms with van der Waals surface area (Å²) in [5.74, 6) is 1.58. The van der Waals surface area contributed by atoms with Gasteiger partial charge in [-0.1, -0.05) is 46.3 Å². The first-order valence-corrected chi connectivity index (χ1v) is 9.86. The Morgan fingerprint density at radius 3 is 2.37 bits per heavy atom. The van der Waals surface area contributed by atoms with Gasteiger partial charge in [0.15, 0.2) is 11.9 Å². The minimum atomic E-state index is -0.688. The summed E-state index contributed by atoms with van der Waals surface area (Å²) >= 11 is 6.83. The third kappa shape index (κ3) is 5.34. The maximum Gasteiger partial charge on any atom is 0.265 e. The molecule has 138 valence electrons. The van der Waals surface area contributed by atoms with E-state index in [9.17, 15) is 4.79 Å². The molecule has 0 saturated carbocycles. The molecule has 1 unspecified atom stereocenters. The van der Waals surface area contributed by atoms with E-state index in [2.05, 4.69) is 37.2 Å². The zero-order valence-electron chi connectivity index (χ0n) is 14.5. The Hall–Kier alpha value is -2.31. The molecule has 0 radical (unpaired) electrons. The average molecular weight is 491 g/mol. The predicted molar refractivity (Wildman–Crippen MR) is 114 cm³/mol. The molecule has 1 N–H and O–H groups in total. The van der Waals surface area contributed by atoms with E-state index in [1.54, 1.807) is 25.1 Å². The Bertz CT molecular complexity index is 932. The summed E-state index contributed by atoms with van der Waals surface area (Å²) in [5, 5.41) is 2.87. The number of benzene rings is 3. The molecule has 27 heavy (non-hydrogen) atoms. The standard InChI is InChI=1S/C21H17Br2NO3/c1-14(26-19-12-11-15(22)13-17(19)23)21(25)24-18-9-5-6-10-20(18)27-16-7-3-2-4-8-16/h2-14H,1H3,(H,24,25). The first-order chi connectivity index (χ1) is 13.0. The minimum absolute atomic E-state index is 0.270. The number of halogens is 2. The van der Waals surface area contributed by atoms with Crippen LogP contribution in [0.1, 0.15) is 6.92 Å². The zero-order chi connectivity index (χ0) is 19.2. The molecule has 0 saturated heterocycles.